The molecular formula is C21H19ClN6O3. The fourth-order valence-electron chi connectivity index (χ4n) is 2.97. The second kappa shape index (κ2) is 8.58. The molecule has 0 atom stereocenters. The second-order valence-corrected chi connectivity index (χ2v) is 7.50. The van der Waals surface area contributed by atoms with Gasteiger partial charge in [-0.25, -0.2) is 9.97 Å². The Morgan fingerprint density at radius 2 is 2.00 bits per heavy atom. The quantitative estimate of drug-likeness (QED) is 0.423. The number of halogens is 1. The number of aromatic amines is 1. The summed E-state index contributed by atoms with van der Waals surface area (Å²) in [7, 11) is 3.63. The average Bonchev–Trinajstić information content (AvgIpc) is 3.38. The van der Waals surface area contributed by atoms with E-state index in [1.807, 2.05) is 14.1 Å². The first kappa shape index (κ1) is 20.6. The minimum absolute atomic E-state index is 0.145. The number of hydrogen-bond donors (Lipinski definition) is 3. The van der Waals surface area contributed by atoms with Crippen molar-refractivity contribution in [2.24, 2.45) is 0 Å². The number of amides is 2. The first-order valence-corrected chi connectivity index (χ1v) is 9.72. The van der Waals surface area contributed by atoms with Crippen molar-refractivity contribution in [1.29, 1.82) is 0 Å². The molecule has 0 aliphatic heterocycles. The zero-order valence-corrected chi connectivity index (χ0v) is 17.5. The molecule has 31 heavy (non-hydrogen) atoms. The highest BCUT2D eigenvalue weighted by molar-refractivity contribution is 6.33. The Kier molecular flexibility index (Phi) is 5.70. The number of pyridine rings is 1. The van der Waals surface area contributed by atoms with Crippen LogP contribution in [-0.2, 0) is 4.79 Å². The highest BCUT2D eigenvalue weighted by atomic mass is 35.5. The van der Waals surface area contributed by atoms with Gasteiger partial charge >= 0.3 is 0 Å². The molecule has 9 nitrogen and oxygen atoms in total. The molecule has 10 heteroatoms. The van der Waals surface area contributed by atoms with Crippen LogP contribution in [0.3, 0.4) is 0 Å². The van der Waals surface area contributed by atoms with E-state index in [9.17, 15) is 9.59 Å². The molecule has 0 radical (unpaired) electrons. The summed E-state index contributed by atoms with van der Waals surface area (Å²) < 4.78 is 5.11. The molecule has 0 fully saturated rings. The Bertz CT molecular complexity index is 1250. The lowest BCUT2D eigenvalue weighted by atomic mass is 10.2. The van der Waals surface area contributed by atoms with Crippen LogP contribution in [0.4, 0.5) is 11.4 Å². The maximum absolute atomic E-state index is 12.2. The van der Waals surface area contributed by atoms with E-state index in [0.717, 1.165) is 0 Å². The number of furan rings is 1. The average molecular weight is 439 g/mol. The first-order chi connectivity index (χ1) is 14.9. The molecule has 158 valence electrons. The van der Waals surface area contributed by atoms with E-state index in [2.05, 4.69) is 25.6 Å². The molecular weight excluding hydrogens is 420 g/mol. The third-order valence-electron chi connectivity index (χ3n) is 4.31. The van der Waals surface area contributed by atoms with Crippen LogP contribution in [0.2, 0.25) is 5.02 Å². The molecule has 3 heterocycles. The summed E-state index contributed by atoms with van der Waals surface area (Å²) in [5.41, 5.74) is 2.79. The lowest BCUT2D eigenvalue weighted by Crippen LogP contribution is -2.27. The van der Waals surface area contributed by atoms with Gasteiger partial charge in [-0.15, -0.1) is 0 Å². The van der Waals surface area contributed by atoms with Crippen LogP contribution in [0, 0.1) is 0 Å². The Labute approximate surface area is 182 Å². The van der Waals surface area contributed by atoms with Gasteiger partial charge in [-0.1, -0.05) is 11.6 Å². The van der Waals surface area contributed by atoms with Gasteiger partial charge in [-0.05, 0) is 50.5 Å². The normalized spacial score (nSPS) is 11.1. The SMILES string of the molecule is CN(C)CC(=O)Nc1cnc2nc(-c3cc(NC(=O)c4ccco4)ccc3Cl)[nH]c2c1. The second-order valence-electron chi connectivity index (χ2n) is 7.09. The number of nitrogens with one attached hydrogen (secondary N) is 3. The number of anilines is 2. The van der Waals surface area contributed by atoms with E-state index in [0.29, 0.717) is 38.9 Å². The van der Waals surface area contributed by atoms with E-state index in [1.165, 1.54) is 6.26 Å². The molecule has 4 aromatic rings. The number of H-pyrrole nitrogens is 1. The predicted octanol–water partition coefficient (Wildman–Crippen LogP) is 3.62. The van der Waals surface area contributed by atoms with Crippen LogP contribution in [0.15, 0.2) is 53.3 Å². The van der Waals surface area contributed by atoms with Gasteiger partial charge in [-0.2, -0.15) is 0 Å². The van der Waals surface area contributed by atoms with Crippen molar-refractivity contribution in [2.75, 3.05) is 31.3 Å². The largest absolute Gasteiger partial charge is 0.459 e. The molecule has 3 aromatic heterocycles. The summed E-state index contributed by atoms with van der Waals surface area (Å²) in [6.07, 6.45) is 2.98. The summed E-state index contributed by atoms with van der Waals surface area (Å²) in [5.74, 6) is 0.170. The molecule has 0 aliphatic rings. The topological polar surface area (TPSA) is 116 Å². The molecule has 0 unspecified atom stereocenters. The lowest BCUT2D eigenvalue weighted by molar-refractivity contribution is -0.116. The van der Waals surface area contributed by atoms with Crippen LogP contribution in [0.1, 0.15) is 10.6 Å². The molecule has 0 saturated heterocycles. The van der Waals surface area contributed by atoms with Gasteiger partial charge in [0.05, 0.1) is 35.2 Å². The van der Waals surface area contributed by atoms with Crippen LogP contribution < -0.4 is 10.6 Å². The van der Waals surface area contributed by atoms with Crippen LogP contribution in [0.5, 0.6) is 0 Å². The molecule has 4 rings (SSSR count). The fraction of sp³-hybridized carbons (Fsp3) is 0.143. The number of rotatable bonds is 6. The van der Waals surface area contributed by atoms with Gasteiger partial charge in [0.2, 0.25) is 5.91 Å². The minimum atomic E-state index is -0.373. The number of hydrogen-bond acceptors (Lipinski definition) is 6. The van der Waals surface area contributed by atoms with Crippen LogP contribution in [0.25, 0.3) is 22.6 Å². The third kappa shape index (κ3) is 4.73. The van der Waals surface area contributed by atoms with Crippen molar-refractivity contribution in [3.8, 4) is 11.4 Å². The van der Waals surface area contributed by atoms with E-state index >= 15 is 0 Å². The predicted molar refractivity (Wildman–Crippen MR) is 118 cm³/mol. The van der Waals surface area contributed by atoms with Gasteiger partial charge in [0, 0.05) is 11.3 Å². The van der Waals surface area contributed by atoms with Crippen molar-refractivity contribution in [3.05, 3.63) is 59.6 Å². The first-order valence-electron chi connectivity index (χ1n) is 9.34. The highest BCUT2D eigenvalue weighted by Gasteiger charge is 2.14. The van der Waals surface area contributed by atoms with Crippen molar-refractivity contribution in [2.45, 2.75) is 0 Å². The van der Waals surface area contributed by atoms with Crippen molar-refractivity contribution in [1.82, 2.24) is 19.9 Å². The number of imidazole rings is 1. The summed E-state index contributed by atoms with van der Waals surface area (Å²) in [4.78, 5) is 37.9. The van der Waals surface area contributed by atoms with E-state index in [1.54, 1.807) is 47.5 Å². The summed E-state index contributed by atoms with van der Waals surface area (Å²) in [6, 6.07) is 10.0. The Balaban J connectivity index is 1.59. The number of nitrogens with zero attached hydrogens (tertiary/aromatic N) is 3. The van der Waals surface area contributed by atoms with Crippen LogP contribution in [-0.4, -0.2) is 52.3 Å². The number of likely N-dealkylation sites (N-methyl/N-ethyl adjacent to an activating group) is 1. The molecule has 0 aliphatic carbocycles. The molecule has 0 spiro atoms. The number of carbonyl (C=O) groups excluding carboxylic acids is 2. The molecule has 1 aromatic carbocycles. The van der Waals surface area contributed by atoms with Gasteiger partial charge < -0.3 is 24.9 Å². The van der Waals surface area contributed by atoms with Crippen molar-refractivity contribution in [3.63, 3.8) is 0 Å². The summed E-state index contributed by atoms with van der Waals surface area (Å²) in [5, 5.41) is 6.01. The van der Waals surface area contributed by atoms with E-state index < -0.39 is 0 Å². The fourth-order valence-corrected chi connectivity index (χ4v) is 3.18. The number of aromatic nitrogens is 3. The van der Waals surface area contributed by atoms with Gasteiger partial charge in [-0.3, -0.25) is 9.59 Å². The smallest absolute Gasteiger partial charge is 0.291 e. The van der Waals surface area contributed by atoms with Crippen molar-refractivity contribution >= 4 is 46.0 Å². The highest BCUT2D eigenvalue weighted by Crippen LogP contribution is 2.30. The maximum atomic E-state index is 12.2. The zero-order valence-electron chi connectivity index (χ0n) is 16.8. The van der Waals surface area contributed by atoms with Gasteiger partial charge in [0.1, 0.15) is 5.82 Å². The maximum Gasteiger partial charge on any atom is 0.291 e. The van der Waals surface area contributed by atoms with Gasteiger partial charge in [0.25, 0.3) is 5.91 Å². The van der Waals surface area contributed by atoms with E-state index in [-0.39, 0.29) is 24.1 Å². The molecule has 0 saturated carbocycles. The van der Waals surface area contributed by atoms with Gasteiger partial charge in [0.15, 0.2) is 11.4 Å². The summed E-state index contributed by atoms with van der Waals surface area (Å²) >= 11 is 6.37. The third-order valence-corrected chi connectivity index (χ3v) is 4.63. The number of benzene rings is 1. The van der Waals surface area contributed by atoms with E-state index in [4.69, 9.17) is 16.0 Å². The Hall–Kier alpha value is -3.69. The molecule has 0 bridgehead atoms. The molecule has 2 amide bonds. The standard InChI is InChI=1S/C21H19ClN6O3/c1-28(2)11-18(29)24-13-9-16-20(23-10-13)27-19(26-16)14-8-12(5-6-15(14)22)25-21(30)17-4-3-7-31-17/h3-10H,11H2,1-2H3,(H,24,29)(H,25,30)(H,23,26,27). The number of carbonyl (C=O) groups is 2. The molecule has 3 N–H and O–H groups in total. The number of fused-ring (bicyclic) bond motifs is 1. The summed E-state index contributed by atoms with van der Waals surface area (Å²) in [6.45, 7) is 0.262. The Morgan fingerprint density at radius 1 is 1.16 bits per heavy atom. The van der Waals surface area contributed by atoms with Crippen molar-refractivity contribution < 1.29 is 14.0 Å². The Morgan fingerprint density at radius 3 is 2.74 bits per heavy atom. The lowest BCUT2D eigenvalue weighted by Gasteiger charge is -2.09. The van der Waals surface area contributed by atoms with Crippen LogP contribution >= 0.6 is 11.6 Å². The zero-order chi connectivity index (χ0) is 22.0. The monoisotopic (exact) mass is 438 g/mol. The minimum Gasteiger partial charge on any atom is -0.459 e.